The summed E-state index contributed by atoms with van der Waals surface area (Å²) < 4.78 is 16.9. The molecule has 0 N–H and O–H groups in total. The number of thiazole rings is 1. The highest BCUT2D eigenvalue weighted by Crippen LogP contribution is 2.28. The van der Waals surface area contributed by atoms with E-state index >= 15 is 0 Å². The highest BCUT2D eigenvalue weighted by molar-refractivity contribution is 7.09. The largest absolute Gasteiger partial charge is 0.490 e. The first-order chi connectivity index (χ1) is 13.3. The SMILES string of the molecule is CCOc1ccccc1OCCC1CCN(C(=O)OCc2cncs2)CC1. The van der Waals surface area contributed by atoms with Crippen LogP contribution in [0.1, 0.15) is 31.1 Å². The van der Waals surface area contributed by atoms with Crippen LogP contribution in [0.4, 0.5) is 4.79 Å². The zero-order valence-electron chi connectivity index (χ0n) is 15.6. The molecule has 1 aliphatic heterocycles. The molecule has 0 aliphatic carbocycles. The maximum absolute atomic E-state index is 12.1. The number of nitrogens with zero attached hydrogens (tertiary/aromatic N) is 2. The van der Waals surface area contributed by atoms with Crippen LogP contribution in [0, 0.1) is 5.92 Å². The van der Waals surface area contributed by atoms with E-state index in [9.17, 15) is 4.79 Å². The van der Waals surface area contributed by atoms with Crippen molar-refractivity contribution in [1.82, 2.24) is 9.88 Å². The summed E-state index contributed by atoms with van der Waals surface area (Å²) in [7, 11) is 0. The van der Waals surface area contributed by atoms with E-state index in [1.165, 1.54) is 11.3 Å². The van der Waals surface area contributed by atoms with Gasteiger partial charge in [-0.2, -0.15) is 0 Å². The predicted molar refractivity (Wildman–Crippen MR) is 104 cm³/mol. The van der Waals surface area contributed by atoms with Crippen molar-refractivity contribution in [3.8, 4) is 11.5 Å². The van der Waals surface area contributed by atoms with E-state index in [2.05, 4.69) is 4.98 Å². The molecular weight excluding hydrogens is 364 g/mol. The van der Waals surface area contributed by atoms with Crippen LogP contribution in [0.15, 0.2) is 36.0 Å². The number of carbonyl (C=O) groups excluding carboxylic acids is 1. The van der Waals surface area contributed by atoms with Crippen molar-refractivity contribution in [3.63, 3.8) is 0 Å². The Balaban J connectivity index is 1.35. The Labute approximate surface area is 164 Å². The van der Waals surface area contributed by atoms with Crippen molar-refractivity contribution in [2.75, 3.05) is 26.3 Å². The van der Waals surface area contributed by atoms with Gasteiger partial charge in [0.15, 0.2) is 11.5 Å². The third-order valence-corrected chi connectivity index (χ3v) is 5.38. The molecule has 1 aromatic carbocycles. The molecule has 3 rings (SSSR count). The second kappa shape index (κ2) is 10.2. The minimum Gasteiger partial charge on any atom is -0.490 e. The predicted octanol–water partition coefficient (Wildman–Crippen LogP) is 4.36. The maximum Gasteiger partial charge on any atom is 0.410 e. The molecule has 27 heavy (non-hydrogen) atoms. The Kier molecular flexibility index (Phi) is 7.33. The Morgan fingerprint density at radius 1 is 1.22 bits per heavy atom. The topological polar surface area (TPSA) is 60.9 Å². The van der Waals surface area contributed by atoms with E-state index in [4.69, 9.17) is 14.2 Å². The molecule has 0 spiro atoms. The normalized spacial score (nSPS) is 14.8. The van der Waals surface area contributed by atoms with E-state index in [0.29, 0.717) is 25.7 Å². The van der Waals surface area contributed by atoms with Gasteiger partial charge in [0.05, 0.1) is 23.6 Å². The first-order valence-electron chi connectivity index (χ1n) is 9.40. The number of para-hydroxylation sites is 2. The molecule has 6 nitrogen and oxygen atoms in total. The Morgan fingerprint density at radius 2 is 1.96 bits per heavy atom. The minimum atomic E-state index is -0.233. The van der Waals surface area contributed by atoms with Crippen molar-refractivity contribution in [2.45, 2.75) is 32.8 Å². The molecule has 0 radical (unpaired) electrons. The maximum atomic E-state index is 12.1. The van der Waals surface area contributed by atoms with Crippen LogP contribution in [0.2, 0.25) is 0 Å². The van der Waals surface area contributed by atoms with Gasteiger partial charge in [-0.15, -0.1) is 11.3 Å². The summed E-state index contributed by atoms with van der Waals surface area (Å²) in [5.74, 6) is 2.15. The standard InChI is InChI=1S/C20H26N2O4S/c1-2-24-18-5-3-4-6-19(18)25-12-9-16-7-10-22(11-8-16)20(23)26-14-17-13-21-15-27-17/h3-6,13,15-16H,2,7-12,14H2,1H3. The van der Waals surface area contributed by atoms with Crippen molar-refractivity contribution in [3.05, 3.63) is 40.8 Å². The summed E-state index contributed by atoms with van der Waals surface area (Å²) in [6, 6.07) is 7.76. The molecular formula is C20H26N2O4S. The average Bonchev–Trinajstić information content (AvgIpc) is 3.22. The Bertz CT molecular complexity index is 700. The summed E-state index contributed by atoms with van der Waals surface area (Å²) >= 11 is 1.49. The molecule has 146 valence electrons. The Hall–Kier alpha value is -2.28. The molecule has 0 bridgehead atoms. The smallest absolute Gasteiger partial charge is 0.410 e. The summed E-state index contributed by atoms with van der Waals surface area (Å²) in [4.78, 5) is 18.9. The molecule has 0 atom stereocenters. The van der Waals surface area contributed by atoms with Gasteiger partial charge in [0.2, 0.25) is 0 Å². The number of carbonyl (C=O) groups is 1. The average molecular weight is 391 g/mol. The monoisotopic (exact) mass is 390 g/mol. The van der Waals surface area contributed by atoms with Gasteiger partial charge in [0, 0.05) is 19.3 Å². The zero-order chi connectivity index (χ0) is 18.9. The van der Waals surface area contributed by atoms with Gasteiger partial charge in [-0.05, 0) is 44.2 Å². The van der Waals surface area contributed by atoms with Gasteiger partial charge >= 0.3 is 6.09 Å². The number of aromatic nitrogens is 1. The molecule has 2 heterocycles. The quantitative estimate of drug-likeness (QED) is 0.670. The van der Waals surface area contributed by atoms with E-state index in [1.807, 2.05) is 31.2 Å². The molecule has 2 aromatic rings. The van der Waals surface area contributed by atoms with E-state index in [0.717, 1.165) is 48.7 Å². The number of rotatable bonds is 8. The zero-order valence-corrected chi connectivity index (χ0v) is 16.5. The molecule has 0 saturated carbocycles. The minimum absolute atomic E-state index is 0.233. The lowest BCUT2D eigenvalue weighted by Gasteiger charge is -2.31. The molecule has 1 aliphatic rings. The van der Waals surface area contributed by atoms with Gasteiger partial charge < -0.3 is 19.1 Å². The van der Waals surface area contributed by atoms with Crippen LogP contribution in [0.3, 0.4) is 0 Å². The third kappa shape index (κ3) is 5.85. The highest BCUT2D eigenvalue weighted by Gasteiger charge is 2.24. The van der Waals surface area contributed by atoms with E-state index in [1.54, 1.807) is 16.6 Å². The number of benzene rings is 1. The fourth-order valence-electron chi connectivity index (χ4n) is 3.12. The lowest BCUT2D eigenvalue weighted by atomic mass is 9.94. The van der Waals surface area contributed by atoms with Gasteiger partial charge in [0.1, 0.15) is 6.61 Å². The number of hydrogen-bond acceptors (Lipinski definition) is 6. The molecule has 1 aromatic heterocycles. The third-order valence-electron chi connectivity index (χ3n) is 4.63. The lowest BCUT2D eigenvalue weighted by Crippen LogP contribution is -2.39. The van der Waals surface area contributed by atoms with Crippen molar-refractivity contribution < 1.29 is 19.0 Å². The number of hydrogen-bond donors (Lipinski definition) is 0. The number of likely N-dealkylation sites (tertiary alicyclic amines) is 1. The van der Waals surface area contributed by atoms with Crippen LogP contribution in [0.5, 0.6) is 11.5 Å². The first-order valence-corrected chi connectivity index (χ1v) is 10.3. The highest BCUT2D eigenvalue weighted by atomic mass is 32.1. The Morgan fingerprint density at radius 3 is 2.63 bits per heavy atom. The van der Waals surface area contributed by atoms with E-state index in [-0.39, 0.29) is 6.09 Å². The number of ether oxygens (including phenoxy) is 3. The summed E-state index contributed by atoms with van der Waals surface area (Å²) in [5, 5.41) is 0. The second-order valence-electron chi connectivity index (χ2n) is 6.47. The fourth-order valence-corrected chi connectivity index (χ4v) is 3.63. The lowest BCUT2D eigenvalue weighted by molar-refractivity contribution is 0.0806. The van der Waals surface area contributed by atoms with Crippen LogP contribution in [-0.4, -0.2) is 42.3 Å². The first kappa shape index (κ1) is 19.5. The summed E-state index contributed by atoms with van der Waals surface area (Å²) in [6.07, 6.45) is 4.43. The van der Waals surface area contributed by atoms with Gasteiger partial charge in [-0.3, -0.25) is 4.98 Å². The second-order valence-corrected chi connectivity index (χ2v) is 7.44. The van der Waals surface area contributed by atoms with Gasteiger partial charge in [0.25, 0.3) is 0 Å². The van der Waals surface area contributed by atoms with Crippen LogP contribution >= 0.6 is 11.3 Å². The van der Waals surface area contributed by atoms with E-state index < -0.39 is 0 Å². The molecule has 1 saturated heterocycles. The van der Waals surface area contributed by atoms with Crippen LogP contribution in [0.25, 0.3) is 0 Å². The molecule has 1 amide bonds. The summed E-state index contributed by atoms with van der Waals surface area (Å²) in [6.45, 7) is 5.02. The van der Waals surface area contributed by atoms with Gasteiger partial charge in [-0.25, -0.2) is 4.79 Å². The molecule has 1 fully saturated rings. The van der Waals surface area contributed by atoms with Crippen LogP contribution < -0.4 is 9.47 Å². The summed E-state index contributed by atoms with van der Waals surface area (Å²) in [5.41, 5.74) is 1.74. The fraction of sp³-hybridized carbons (Fsp3) is 0.500. The van der Waals surface area contributed by atoms with Crippen LogP contribution in [-0.2, 0) is 11.3 Å². The number of amides is 1. The molecule has 7 heteroatoms. The van der Waals surface area contributed by atoms with Crippen molar-refractivity contribution in [2.24, 2.45) is 5.92 Å². The van der Waals surface area contributed by atoms with Crippen molar-refractivity contribution in [1.29, 1.82) is 0 Å². The van der Waals surface area contributed by atoms with Crippen molar-refractivity contribution >= 4 is 17.4 Å². The molecule has 0 unspecified atom stereocenters. The van der Waals surface area contributed by atoms with Gasteiger partial charge in [-0.1, -0.05) is 12.1 Å². The number of piperidine rings is 1.